The molecule has 0 amide bonds. The molecule has 0 aliphatic carbocycles. The Bertz CT molecular complexity index is 350. The minimum absolute atomic E-state index is 0.260. The molecule has 1 aromatic rings. The highest BCUT2D eigenvalue weighted by molar-refractivity contribution is 5.53. The van der Waals surface area contributed by atoms with Gasteiger partial charge in [-0.2, -0.15) is 4.98 Å². The summed E-state index contributed by atoms with van der Waals surface area (Å²) in [6, 6.07) is 3.66. The number of anilines is 2. The van der Waals surface area contributed by atoms with Gasteiger partial charge in [0.2, 0.25) is 5.88 Å². The first-order valence-corrected chi connectivity index (χ1v) is 5.53. The maximum Gasteiger partial charge on any atom is 0.238 e. The van der Waals surface area contributed by atoms with Crippen LogP contribution in [0.3, 0.4) is 0 Å². The van der Waals surface area contributed by atoms with Crippen LogP contribution in [0.1, 0.15) is 27.2 Å². The van der Waals surface area contributed by atoms with Gasteiger partial charge in [0.15, 0.2) is 0 Å². The summed E-state index contributed by atoms with van der Waals surface area (Å²) < 4.78 is 5.07. The third kappa shape index (κ3) is 3.29. The van der Waals surface area contributed by atoms with Crippen molar-refractivity contribution >= 4 is 11.5 Å². The summed E-state index contributed by atoms with van der Waals surface area (Å²) in [6.07, 6.45) is 1.12. The molecule has 0 radical (unpaired) electrons. The standard InChI is InChI=1S/C12H21N3O/c1-5-12(2,3)8-14-10-7-6-9(13)11(15-10)16-4/h6-7H,5,8,13H2,1-4H3,(H,14,15). The van der Waals surface area contributed by atoms with E-state index in [0.29, 0.717) is 11.6 Å². The zero-order valence-corrected chi connectivity index (χ0v) is 10.5. The number of nitrogens with zero attached hydrogens (tertiary/aromatic N) is 1. The van der Waals surface area contributed by atoms with Gasteiger partial charge in [0.25, 0.3) is 0 Å². The molecule has 0 aliphatic rings. The largest absolute Gasteiger partial charge is 0.479 e. The van der Waals surface area contributed by atoms with Gasteiger partial charge in [-0.25, -0.2) is 0 Å². The number of pyridine rings is 1. The van der Waals surface area contributed by atoms with Crippen molar-refractivity contribution in [2.45, 2.75) is 27.2 Å². The Balaban J connectivity index is 2.68. The molecule has 1 aromatic heterocycles. The second kappa shape index (κ2) is 5.05. The highest BCUT2D eigenvalue weighted by atomic mass is 16.5. The lowest BCUT2D eigenvalue weighted by Gasteiger charge is -2.23. The van der Waals surface area contributed by atoms with Gasteiger partial charge in [-0.3, -0.25) is 0 Å². The van der Waals surface area contributed by atoms with Crippen molar-refractivity contribution < 1.29 is 4.74 Å². The molecule has 0 fully saturated rings. The van der Waals surface area contributed by atoms with Crippen LogP contribution in [0.5, 0.6) is 5.88 Å². The van der Waals surface area contributed by atoms with Gasteiger partial charge < -0.3 is 15.8 Å². The van der Waals surface area contributed by atoms with E-state index < -0.39 is 0 Å². The lowest BCUT2D eigenvalue weighted by Crippen LogP contribution is -2.22. The maximum absolute atomic E-state index is 5.69. The zero-order chi connectivity index (χ0) is 12.2. The van der Waals surface area contributed by atoms with E-state index in [1.807, 2.05) is 6.07 Å². The third-order valence-electron chi connectivity index (χ3n) is 2.79. The Hall–Kier alpha value is -1.45. The normalized spacial score (nSPS) is 11.2. The van der Waals surface area contributed by atoms with E-state index >= 15 is 0 Å². The average molecular weight is 223 g/mol. The maximum atomic E-state index is 5.69. The summed E-state index contributed by atoms with van der Waals surface area (Å²) in [5.74, 6) is 1.27. The van der Waals surface area contributed by atoms with Crippen LogP contribution in [0.25, 0.3) is 0 Å². The van der Waals surface area contributed by atoms with Gasteiger partial charge in [0.05, 0.1) is 12.8 Å². The topological polar surface area (TPSA) is 60.2 Å². The third-order valence-corrected chi connectivity index (χ3v) is 2.79. The quantitative estimate of drug-likeness (QED) is 0.805. The predicted octanol–water partition coefficient (Wildman–Crippen LogP) is 2.52. The fraction of sp³-hybridized carbons (Fsp3) is 0.583. The Kier molecular flexibility index (Phi) is 3.99. The number of nitrogens with two attached hydrogens (primary N) is 1. The number of methoxy groups -OCH3 is 1. The van der Waals surface area contributed by atoms with Crippen LogP contribution in [-0.4, -0.2) is 18.6 Å². The lowest BCUT2D eigenvalue weighted by atomic mass is 9.90. The minimum Gasteiger partial charge on any atom is -0.479 e. The summed E-state index contributed by atoms with van der Waals surface area (Å²) in [7, 11) is 1.57. The Morgan fingerprint density at radius 1 is 1.44 bits per heavy atom. The first-order valence-electron chi connectivity index (χ1n) is 5.53. The number of aromatic nitrogens is 1. The predicted molar refractivity (Wildman–Crippen MR) is 67.8 cm³/mol. The van der Waals surface area contributed by atoms with Crippen molar-refractivity contribution in [3.05, 3.63) is 12.1 Å². The van der Waals surface area contributed by atoms with Gasteiger partial charge in [-0.05, 0) is 24.0 Å². The number of nitrogens with one attached hydrogen (secondary N) is 1. The smallest absolute Gasteiger partial charge is 0.238 e. The molecule has 90 valence electrons. The molecular weight excluding hydrogens is 202 g/mol. The van der Waals surface area contributed by atoms with Crippen LogP contribution < -0.4 is 15.8 Å². The number of ether oxygens (including phenoxy) is 1. The van der Waals surface area contributed by atoms with E-state index in [9.17, 15) is 0 Å². The second-order valence-corrected chi connectivity index (χ2v) is 4.67. The highest BCUT2D eigenvalue weighted by Gasteiger charge is 2.14. The fourth-order valence-electron chi connectivity index (χ4n) is 1.17. The van der Waals surface area contributed by atoms with Gasteiger partial charge >= 0.3 is 0 Å². The first kappa shape index (κ1) is 12.6. The SMILES string of the molecule is CCC(C)(C)CNc1ccc(N)c(OC)n1. The van der Waals surface area contributed by atoms with Crippen LogP contribution in [0, 0.1) is 5.41 Å². The van der Waals surface area contributed by atoms with E-state index in [0.717, 1.165) is 18.8 Å². The van der Waals surface area contributed by atoms with Crippen molar-refractivity contribution in [2.75, 3.05) is 24.7 Å². The summed E-state index contributed by atoms with van der Waals surface area (Å²) in [4.78, 5) is 4.27. The van der Waals surface area contributed by atoms with Crippen molar-refractivity contribution in [1.82, 2.24) is 4.98 Å². The Morgan fingerprint density at radius 2 is 2.12 bits per heavy atom. The van der Waals surface area contributed by atoms with Gasteiger partial charge in [0, 0.05) is 6.54 Å². The van der Waals surface area contributed by atoms with Crippen molar-refractivity contribution in [3.63, 3.8) is 0 Å². The summed E-state index contributed by atoms with van der Waals surface area (Å²) in [6.45, 7) is 7.49. The van der Waals surface area contributed by atoms with Crippen molar-refractivity contribution in [3.8, 4) is 5.88 Å². The molecule has 16 heavy (non-hydrogen) atoms. The molecule has 3 N–H and O–H groups in total. The molecule has 4 heteroatoms. The molecular formula is C12H21N3O. The molecule has 1 rings (SSSR count). The molecule has 0 aromatic carbocycles. The van der Waals surface area contributed by atoms with Gasteiger partial charge in [-0.1, -0.05) is 20.8 Å². The molecule has 0 unspecified atom stereocenters. The average Bonchev–Trinajstić information content (AvgIpc) is 2.28. The lowest BCUT2D eigenvalue weighted by molar-refractivity contribution is 0.375. The molecule has 0 spiro atoms. The van der Waals surface area contributed by atoms with E-state index in [2.05, 4.69) is 31.1 Å². The molecule has 1 heterocycles. The van der Waals surface area contributed by atoms with Gasteiger partial charge in [0.1, 0.15) is 5.82 Å². The second-order valence-electron chi connectivity index (χ2n) is 4.67. The Labute approximate surface area is 97.2 Å². The van der Waals surface area contributed by atoms with Crippen LogP contribution in [0.4, 0.5) is 11.5 Å². The number of hydrogen-bond donors (Lipinski definition) is 2. The van der Waals surface area contributed by atoms with Gasteiger partial charge in [-0.15, -0.1) is 0 Å². The summed E-state index contributed by atoms with van der Waals surface area (Å²) >= 11 is 0. The van der Waals surface area contributed by atoms with Crippen molar-refractivity contribution in [1.29, 1.82) is 0 Å². The van der Waals surface area contributed by atoms with E-state index in [-0.39, 0.29) is 5.41 Å². The fourth-order valence-corrected chi connectivity index (χ4v) is 1.17. The molecule has 0 aliphatic heterocycles. The minimum atomic E-state index is 0.260. The van der Waals surface area contributed by atoms with Crippen LogP contribution in [0.15, 0.2) is 12.1 Å². The Morgan fingerprint density at radius 3 is 2.69 bits per heavy atom. The summed E-state index contributed by atoms with van der Waals surface area (Å²) in [5, 5.41) is 3.29. The molecule has 0 saturated heterocycles. The molecule has 4 nitrogen and oxygen atoms in total. The van der Waals surface area contributed by atoms with Crippen LogP contribution in [-0.2, 0) is 0 Å². The molecule has 0 atom stereocenters. The molecule has 0 saturated carbocycles. The summed E-state index contributed by atoms with van der Waals surface area (Å²) in [5.41, 5.74) is 6.51. The highest BCUT2D eigenvalue weighted by Crippen LogP contribution is 2.23. The zero-order valence-electron chi connectivity index (χ0n) is 10.5. The molecule has 0 bridgehead atoms. The first-order chi connectivity index (χ1) is 7.48. The number of rotatable bonds is 5. The van der Waals surface area contributed by atoms with Crippen molar-refractivity contribution in [2.24, 2.45) is 5.41 Å². The number of hydrogen-bond acceptors (Lipinski definition) is 4. The van der Waals surface area contributed by atoms with Crippen LogP contribution in [0.2, 0.25) is 0 Å². The van der Waals surface area contributed by atoms with E-state index in [4.69, 9.17) is 10.5 Å². The van der Waals surface area contributed by atoms with E-state index in [1.165, 1.54) is 0 Å². The number of nitrogen functional groups attached to an aromatic ring is 1. The monoisotopic (exact) mass is 223 g/mol. The van der Waals surface area contributed by atoms with E-state index in [1.54, 1.807) is 13.2 Å². The van der Waals surface area contributed by atoms with Crippen LogP contribution >= 0.6 is 0 Å².